The van der Waals surface area contributed by atoms with Gasteiger partial charge in [0.05, 0.1) is 42.8 Å². The molecule has 0 aliphatic carbocycles. The minimum absolute atomic E-state index is 0.0293. The van der Waals surface area contributed by atoms with E-state index in [9.17, 15) is 4.79 Å². The van der Waals surface area contributed by atoms with Crippen molar-refractivity contribution >= 4 is 40.5 Å². The molecule has 3 rings (SSSR count). The van der Waals surface area contributed by atoms with Crippen LogP contribution in [-0.2, 0) is 4.79 Å². The highest BCUT2D eigenvalue weighted by Crippen LogP contribution is 2.36. The van der Waals surface area contributed by atoms with E-state index in [1.807, 2.05) is 0 Å². The van der Waals surface area contributed by atoms with Crippen LogP contribution in [0.3, 0.4) is 0 Å². The van der Waals surface area contributed by atoms with E-state index in [0.717, 1.165) is 0 Å². The molecule has 0 saturated carbocycles. The summed E-state index contributed by atoms with van der Waals surface area (Å²) >= 11 is 12.3. The van der Waals surface area contributed by atoms with E-state index in [-0.39, 0.29) is 12.5 Å². The van der Waals surface area contributed by atoms with E-state index in [1.54, 1.807) is 30.3 Å². The zero-order chi connectivity index (χ0) is 20.1. The lowest BCUT2D eigenvalue weighted by atomic mass is 10.2. The van der Waals surface area contributed by atoms with Gasteiger partial charge in [0.2, 0.25) is 5.91 Å². The summed E-state index contributed by atoms with van der Waals surface area (Å²) in [5.74, 6) is 0.700. The van der Waals surface area contributed by atoms with Gasteiger partial charge in [-0.3, -0.25) is 4.79 Å². The summed E-state index contributed by atoms with van der Waals surface area (Å²) < 4.78 is 12.0. The molecule has 0 aliphatic rings. The Labute approximate surface area is 171 Å². The summed E-state index contributed by atoms with van der Waals surface area (Å²) in [6.45, 7) is -0.0293. The van der Waals surface area contributed by atoms with Gasteiger partial charge in [0.15, 0.2) is 11.5 Å². The molecule has 0 fully saturated rings. The summed E-state index contributed by atoms with van der Waals surface area (Å²) in [5.41, 5.74) is 1.68. The molecule has 0 unspecified atom stereocenters. The van der Waals surface area contributed by atoms with Crippen LogP contribution in [0.2, 0.25) is 10.0 Å². The Bertz CT molecular complexity index is 980. The number of anilines is 2. The second-order valence-corrected chi connectivity index (χ2v) is 6.43. The van der Waals surface area contributed by atoms with Gasteiger partial charge in [-0.05, 0) is 18.2 Å². The van der Waals surface area contributed by atoms with E-state index in [0.29, 0.717) is 38.6 Å². The molecule has 2 N–H and O–H groups in total. The van der Waals surface area contributed by atoms with Crippen LogP contribution in [0.1, 0.15) is 0 Å². The third-order valence-corrected chi connectivity index (χ3v) is 4.36. The van der Waals surface area contributed by atoms with Crippen LogP contribution >= 0.6 is 23.2 Å². The highest BCUT2D eigenvalue weighted by molar-refractivity contribution is 6.33. The smallest absolute Gasteiger partial charge is 0.243 e. The molecule has 0 bridgehead atoms. The Balaban J connectivity index is 1.73. The first-order valence-electron chi connectivity index (χ1n) is 8.11. The fourth-order valence-corrected chi connectivity index (χ4v) is 2.89. The first-order chi connectivity index (χ1) is 13.5. The maximum atomic E-state index is 12.4. The van der Waals surface area contributed by atoms with Gasteiger partial charge in [-0.2, -0.15) is 5.10 Å². The van der Waals surface area contributed by atoms with Gasteiger partial charge in [0.1, 0.15) is 12.7 Å². The summed E-state index contributed by atoms with van der Waals surface area (Å²) in [5, 5.41) is 10.7. The molecule has 1 heterocycles. The Kier molecular flexibility index (Phi) is 6.23. The van der Waals surface area contributed by atoms with Gasteiger partial charge in [0.25, 0.3) is 0 Å². The van der Waals surface area contributed by atoms with Crippen LogP contribution in [0.15, 0.2) is 43.0 Å². The number of benzene rings is 2. The number of aromatic nitrogens is 3. The number of amides is 1. The van der Waals surface area contributed by atoms with Gasteiger partial charge in [-0.1, -0.05) is 23.2 Å². The lowest BCUT2D eigenvalue weighted by Crippen LogP contribution is -2.22. The minimum Gasteiger partial charge on any atom is -0.493 e. The second-order valence-electron chi connectivity index (χ2n) is 5.59. The van der Waals surface area contributed by atoms with Gasteiger partial charge in [0, 0.05) is 17.2 Å². The van der Waals surface area contributed by atoms with Crippen molar-refractivity contribution in [2.24, 2.45) is 0 Å². The van der Waals surface area contributed by atoms with Crippen molar-refractivity contribution < 1.29 is 14.3 Å². The molecule has 0 aliphatic heterocycles. The second kappa shape index (κ2) is 8.81. The highest BCUT2D eigenvalue weighted by atomic mass is 35.5. The number of carbonyl (C=O) groups is 1. The molecule has 0 radical (unpaired) electrons. The van der Waals surface area contributed by atoms with Crippen molar-refractivity contribution in [3.05, 3.63) is 53.0 Å². The van der Waals surface area contributed by atoms with Gasteiger partial charge in [-0.15, -0.1) is 0 Å². The third kappa shape index (κ3) is 4.47. The minimum atomic E-state index is -0.297. The van der Waals surface area contributed by atoms with E-state index >= 15 is 0 Å². The van der Waals surface area contributed by atoms with Crippen LogP contribution in [0.5, 0.6) is 11.5 Å². The van der Waals surface area contributed by atoms with Crippen LogP contribution in [0, 0.1) is 0 Å². The van der Waals surface area contributed by atoms with Crippen molar-refractivity contribution in [1.82, 2.24) is 14.8 Å². The number of methoxy groups -OCH3 is 2. The quantitative estimate of drug-likeness (QED) is 0.604. The zero-order valence-corrected chi connectivity index (χ0v) is 16.6. The molecule has 3 aromatic rings. The molecule has 1 aromatic heterocycles. The summed E-state index contributed by atoms with van der Waals surface area (Å²) in [6, 6.07) is 8.36. The summed E-state index contributed by atoms with van der Waals surface area (Å²) in [6.07, 6.45) is 2.93. The number of rotatable bonds is 7. The Hall–Kier alpha value is -2.97. The molecular weight excluding hydrogens is 405 g/mol. The molecule has 1 amide bonds. The van der Waals surface area contributed by atoms with Crippen molar-refractivity contribution in [2.75, 3.05) is 31.4 Å². The number of halogens is 2. The Morgan fingerprint density at radius 2 is 1.86 bits per heavy atom. The molecule has 0 atom stereocenters. The van der Waals surface area contributed by atoms with Crippen LogP contribution < -0.4 is 20.1 Å². The lowest BCUT2D eigenvalue weighted by molar-refractivity contribution is -0.114. The molecule has 8 nitrogen and oxygen atoms in total. The maximum absolute atomic E-state index is 12.4. The van der Waals surface area contributed by atoms with Gasteiger partial charge < -0.3 is 20.1 Å². The number of hydrogen-bond acceptors (Lipinski definition) is 6. The summed E-state index contributed by atoms with van der Waals surface area (Å²) in [4.78, 5) is 16.4. The van der Waals surface area contributed by atoms with E-state index in [1.165, 1.54) is 31.6 Å². The van der Waals surface area contributed by atoms with Gasteiger partial charge in [-0.25, -0.2) is 9.67 Å². The average Bonchev–Trinajstić information content (AvgIpc) is 3.21. The number of ether oxygens (including phenoxy) is 2. The molecule has 28 heavy (non-hydrogen) atoms. The van der Waals surface area contributed by atoms with Crippen molar-refractivity contribution in [3.63, 3.8) is 0 Å². The van der Waals surface area contributed by atoms with Crippen molar-refractivity contribution in [2.45, 2.75) is 0 Å². The topological polar surface area (TPSA) is 90.3 Å². The zero-order valence-electron chi connectivity index (χ0n) is 15.1. The van der Waals surface area contributed by atoms with E-state index < -0.39 is 0 Å². The molecule has 146 valence electrons. The average molecular weight is 422 g/mol. The van der Waals surface area contributed by atoms with E-state index in [2.05, 4.69) is 20.7 Å². The number of nitrogens with one attached hydrogen (secondary N) is 2. The van der Waals surface area contributed by atoms with Crippen LogP contribution in [0.25, 0.3) is 5.69 Å². The van der Waals surface area contributed by atoms with Crippen molar-refractivity contribution in [1.29, 1.82) is 0 Å². The number of nitrogens with zero attached hydrogens (tertiary/aromatic N) is 3. The fourth-order valence-electron chi connectivity index (χ4n) is 2.50. The number of hydrogen-bond donors (Lipinski definition) is 2. The Morgan fingerprint density at radius 3 is 2.54 bits per heavy atom. The first-order valence-corrected chi connectivity index (χ1v) is 8.87. The SMILES string of the molecule is COc1cc(Cl)c(NCC(=O)Nc2cc(Cl)ccc2-n2cncn2)cc1OC. The van der Waals surface area contributed by atoms with Crippen molar-refractivity contribution in [3.8, 4) is 17.2 Å². The first kappa shape index (κ1) is 19.8. The van der Waals surface area contributed by atoms with Crippen LogP contribution in [-0.4, -0.2) is 41.4 Å². The van der Waals surface area contributed by atoms with E-state index in [4.69, 9.17) is 32.7 Å². The summed E-state index contributed by atoms with van der Waals surface area (Å²) in [7, 11) is 3.04. The molecule has 10 heteroatoms. The number of carbonyl (C=O) groups excluding carboxylic acids is 1. The predicted molar refractivity (Wildman–Crippen MR) is 108 cm³/mol. The lowest BCUT2D eigenvalue weighted by Gasteiger charge is -2.14. The molecule has 2 aromatic carbocycles. The Morgan fingerprint density at radius 1 is 1.11 bits per heavy atom. The monoisotopic (exact) mass is 421 g/mol. The van der Waals surface area contributed by atoms with Gasteiger partial charge >= 0.3 is 0 Å². The maximum Gasteiger partial charge on any atom is 0.243 e. The van der Waals surface area contributed by atoms with Crippen LogP contribution in [0.4, 0.5) is 11.4 Å². The largest absolute Gasteiger partial charge is 0.493 e. The third-order valence-electron chi connectivity index (χ3n) is 3.81. The molecule has 0 spiro atoms. The standard InChI is InChI=1S/C18H17Cl2N5O3/c1-27-16-6-12(20)13(7-17(16)28-2)22-8-18(26)24-14-5-11(19)3-4-15(14)25-10-21-9-23-25/h3-7,9-10,22H,8H2,1-2H3,(H,24,26). The predicted octanol–water partition coefficient (Wildman–Crippen LogP) is 3.64. The molecule has 0 saturated heterocycles. The fraction of sp³-hybridized carbons (Fsp3) is 0.167. The normalized spacial score (nSPS) is 10.4. The molecular formula is C18H17Cl2N5O3. The highest BCUT2D eigenvalue weighted by Gasteiger charge is 2.13.